The summed E-state index contributed by atoms with van der Waals surface area (Å²) in [5.74, 6) is -0.962. The van der Waals surface area contributed by atoms with Crippen LogP contribution in [0.4, 0.5) is 9.80 Å². The van der Waals surface area contributed by atoms with E-state index < -0.39 is 5.97 Å². The Morgan fingerprint density at radius 1 is 1.23 bits per heavy atom. The van der Waals surface area contributed by atoms with Crippen LogP contribution in [-0.2, 0) is 5.41 Å². The number of nitrogens with zero attached hydrogens (tertiary/aromatic N) is 2. The summed E-state index contributed by atoms with van der Waals surface area (Å²) in [6, 6.07) is 11.4. The lowest BCUT2D eigenvalue weighted by molar-refractivity contribution is 0.0702. The van der Waals surface area contributed by atoms with Gasteiger partial charge in [0.15, 0.2) is 0 Å². The topological polar surface area (TPSA) is 86.9 Å². The Hall–Kier alpha value is -1.80. The van der Waals surface area contributed by atoms with E-state index in [0.717, 1.165) is 42.0 Å². The highest BCUT2D eigenvalue weighted by Crippen LogP contribution is 2.42. The maximum atomic E-state index is 13.0. The zero-order valence-corrected chi connectivity index (χ0v) is 18.8. The van der Waals surface area contributed by atoms with Gasteiger partial charge in [0.1, 0.15) is 4.88 Å². The Kier molecular flexibility index (Phi) is 6.97. The molecule has 1 aliphatic carbocycles. The van der Waals surface area contributed by atoms with Gasteiger partial charge in [-0.3, -0.25) is 4.90 Å². The molecule has 2 aliphatic rings. The van der Waals surface area contributed by atoms with Gasteiger partial charge in [0.25, 0.3) is 0 Å². The van der Waals surface area contributed by atoms with Crippen molar-refractivity contribution >= 4 is 52.3 Å². The van der Waals surface area contributed by atoms with Crippen LogP contribution in [0.1, 0.15) is 40.9 Å². The van der Waals surface area contributed by atoms with E-state index in [1.807, 2.05) is 23.1 Å². The summed E-state index contributed by atoms with van der Waals surface area (Å²) in [5.41, 5.74) is 7.28. The van der Waals surface area contributed by atoms with Crippen molar-refractivity contribution in [2.75, 3.05) is 24.5 Å². The highest BCUT2D eigenvalue weighted by molar-refractivity contribution is 7.18. The van der Waals surface area contributed by atoms with E-state index in [2.05, 4.69) is 6.07 Å². The first kappa shape index (κ1) is 22.9. The predicted molar refractivity (Wildman–Crippen MR) is 122 cm³/mol. The molecule has 0 radical (unpaired) electrons. The Labute approximate surface area is 191 Å². The van der Waals surface area contributed by atoms with Crippen molar-refractivity contribution in [3.8, 4) is 0 Å². The third-order valence-electron chi connectivity index (χ3n) is 6.29. The van der Waals surface area contributed by atoms with Crippen molar-refractivity contribution in [1.29, 1.82) is 0 Å². The van der Waals surface area contributed by atoms with Crippen LogP contribution < -0.4 is 10.6 Å². The molecule has 2 aromatic rings. The third-order valence-corrected chi connectivity index (χ3v) is 7.62. The molecule has 4 rings (SSSR count). The lowest BCUT2D eigenvalue weighted by Gasteiger charge is -2.42. The van der Waals surface area contributed by atoms with Gasteiger partial charge in [-0.1, -0.05) is 23.7 Å². The fourth-order valence-electron chi connectivity index (χ4n) is 4.58. The van der Waals surface area contributed by atoms with Gasteiger partial charge in [0.05, 0.1) is 5.00 Å². The van der Waals surface area contributed by atoms with Crippen LogP contribution in [0.5, 0.6) is 0 Å². The molecule has 1 saturated heterocycles. The number of benzene rings is 1. The quantitative estimate of drug-likeness (QED) is 0.669. The van der Waals surface area contributed by atoms with Crippen molar-refractivity contribution in [2.24, 2.45) is 5.73 Å². The summed E-state index contributed by atoms with van der Waals surface area (Å²) in [7, 11) is 0. The van der Waals surface area contributed by atoms with Gasteiger partial charge in [-0.15, -0.1) is 23.7 Å². The van der Waals surface area contributed by atoms with E-state index in [9.17, 15) is 9.59 Å². The molecule has 0 unspecified atom stereocenters. The van der Waals surface area contributed by atoms with E-state index in [4.69, 9.17) is 22.4 Å². The molecule has 3 N–H and O–H groups in total. The second kappa shape index (κ2) is 9.14. The highest BCUT2D eigenvalue weighted by Gasteiger charge is 2.41. The van der Waals surface area contributed by atoms with E-state index in [1.54, 1.807) is 17.0 Å². The number of thiophene rings is 1. The zero-order chi connectivity index (χ0) is 20.6. The first-order chi connectivity index (χ1) is 13.9. The number of nitrogens with two attached hydrogens (primary N) is 1. The summed E-state index contributed by atoms with van der Waals surface area (Å²) in [6.45, 7) is 1.81. The van der Waals surface area contributed by atoms with Crippen LogP contribution >= 0.6 is 35.3 Å². The van der Waals surface area contributed by atoms with Crippen molar-refractivity contribution in [3.63, 3.8) is 0 Å². The number of hydrogen-bond acceptors (Lipinski definition) is 4. The average Bonchev–Trinajstić information content (AvgIpc) is 3.35. The predicted octanol–water partition coefficient (Wildman–Crippen LogP) is 4.60. The first-order valence-corrected chi connectivity index (χ1v) is 11.0. The molecule has 9 heteroatoms. The fourth-order valence-corrected chi connectivity index (χ4v) is 5.64. The number of anilines is 1. The van der Waals surface area contributed by atoms with Crippen LogP contribution in [0.2, 0.25) is 5.02 Å². The minimum Gasteiger partial charge on any atom is -0.477 e. The summed E-state index contributed by atoms with van der Waals surface area (Å²) in [5, 5.41) is 10.5. The summed E-state index contributed by atoms with van der Waals surface area (Å²) in [6.07, 6.45) is 3.63. The molecular formula is C21H25Cl2N3O3S. The zero-order valence-electron chi connectivity index (χ0n) is 16.4. The monoisotopic (exact) mass is 469 g/mol. The molecule has 2 amide bonds. The first-order valence-electron chi connectivity index (χ1n) is 9.81. The van der Waals surface area contributed by atoms with Gasteiger partial charge in [0.2, 0.25) is 0 Å². The highest BCUT2D eigenvalue weighted by atomic mass is 35.5. The number of carbonyl (C=O) groups excluding carboxylic acids is 1. The summed E-state index contributed by atoms with van der Waals surface area (Å²) in [4.78, 5) is 28.0. The largest absolute Gasteiger partial charge is 0.477 e. The fraction of sp³-hybridized carbons (Fsp3) is 0.429. The molecule has 1 aliphatic heterocycles. The number of amides is 2. The Balaban J connectivity index is 0.00000256. The summed E-state index contributed by atoms with van der Waals surface area (Å²) >= 11 is 7.34. The van der Waals surface area contributed by atoms with Crippen LogP contribution in [-0.4, -0.2) is 47.7 Å². The van der Waals surface area contributed by atoms with E-state index in [1.165, 1.54) is 5.56 Å². The summed E-state index contributed by atoms with van der Waals surface area (Å²) < 4.78 is 0. The molecule has 0 spiro atoms. The van der Waals surface area contributed by atoms with Crippen molar-refractivity contribution in [1.82, 2.24) is 4.90 Å². The van der Waals surface area contributed by atoms with E-state index >= 15 is 0 Å². The number of aromatic carboxylic acids is 1. The molecule has 30 heavy (non-hydrogen) atoms. The Morgan fingerprint density at radius 2 is 1.97 bits per heavy atom. The molecule has 1 saturated carbocycles. The van der Waals surface area contributed by atoms with Gasteiger partial charge in [-0.2, -0.15) is 0 Å². The molecule has 1 aromatic carbocycles. The van der Waals surface area contributed by atoms with Crippen LogP contribution in [0, 0.1) is 0 Å². The number of urea groups is 1. The van der Waals surface area contributed by atoms with Gasteiger partial charge in [-0.05, 0) is 55.5 Å². The second-order valence-corrected chi connectivity index (χ2v) is 9.30. The van der Waals surface area contributed by atoms with Gasteiger partial charge in [-0.25, -0.2) is 9.59 Å². The van der Waals surface area contributed by atoms with Crippen molar-refractivity contribution in [2.45, 2.75) is 37.1 Å². The normalized spacial score (nSPS) is 24.1. The molecule has 0 atom stereocenters. The maximum Gasteiger partial charge on any atom is 0.345 e. The SMILES string of the molecule is Cl.NC[C@]1(c2cccc(Cl)c2)CC[C@@H](N2CCN(c3ccc(C(=O)O)s3)C2=O)CC1. The minimum atomic E-state index is -0.962. The van der Waals surface area contributed by atoms with E-state index in [-0.39, 0.29) is 34.8 Å². The number of carboxylic acid groups (broad SMARTS) is 1. The number of hydrogen-bond donors (Lipinski definition) is 2. The molecule has 2 heterocycles. The maximum absolute atomic E-state index is 13.0. The van der Waals surface area contributed by atoms with Gasteiger partial charge in [0, 0.05) is 36.1 Å². The molecule has 2 fully saturated rings. The van der Waals surface area contributed by atoms with Crippen LogP contribution in [0.25, 0.3) is 0 Å². The Morgan fingerprint density at radius 3 is 2.57 bits per heavy atom. The number of rotatable bonds is 5. The number of halogens is 2. The van der Waals surface area contributed by atoms with Crippen LogP contribution in [0.15, 0.2) is 36.4 Å². The second-order valence-electron chi connectivity index (χ2n) is 7.80. The van der Waals surface area contributed by atoms with Gasteiger partial charge < -0.3 is 15.7 Å². The molecule has 0 bridgehead atoms. The lowest BCUT2D eigenvalue weighted by Crippen LogP contribution is -2.46. The average molecular weight is 470 g/mol. The Bertz CT molecular complexity index is 928. The van der Waals surface area contributed by atoms with Crippen LogP contribution in [0.3, 0.4) is 0 Å². The smallest absolute Gasteiger partial charge is 0.345 e. The molecule has 1 aromatic heterocycles. The van der Waals surface area contributed by atoms with E-state index in [0.29, 0.717) is 24.6 Å². The molecular weight excluding hydrogens is 445 g/mol. The molecule has 6 nitrogen and oxygen atoms in total. The number of carboxylic acids is 1. The van der Waals surface area contributed by atoms with Crippen molar-refractivity contribution in [3.05, 3.63) is 51.9 Å². The minimum absolute atomic E-state index is 0. The molecule has 162 valence electrons. The van der Waals surface area contributed by atoms with Crippen molar-refractivity contribution < 1.29 is 14.7 Å². The lowest BCUT2D eigenvalue weighted by atomic mass is 9.68. The number of carbonyl (C=O) groups is 2. The third kappa shape index (κ3) is 4.17. The standard InChI is InChI=1S/C21H24ClN3O3S.ClH/c22-15-3-1-2-14(12-15)21(13-23)8-6-16(7-9-21)24-10-11-25(20(24)28)18-5-4-17(29-18)19(26)27;/h1-5,12,16H,6-11,13,23H2,(H,26,27);1H/t16-,21+;. The van der Waals surface area contributed by atoms with Gasteiger partial charge >= 0.3 is 12.0 Å².